The van der Waals surface area contributed by atoms with Gasteiger partial charge in [-0.15, -0.1) is 0 Å². The van der Waals surface area contributed by atoms with E-state index >= 15 is 0 Å². The molecule has 88 valence electrons. The van der Waals surface area contributed by atoms with E-state index in [1.54, 1.807) is 7.05 Å². The van der Waals surface area contributed by atoms with Crippen LogP contribution in [0.15, 0.2) is 0 Å². The molecule has 1 heterocycles. The highest BCUT2D eigenvalue weighted by atomic mass is 16.1. The van der Waals surface area contributed by atoms with E-state index in [2.05, 4.69) is 22.6 Å². The van der Waals surface area contributed by atoms with Crippen molar-refractivity contribution in [1.29, 1.82) is 0 Å². The molecule has 0 radical (unpaired) electrons. The van der Waals surface area contributed by atoms with E-state index in [-0.39, 0.29) is 11.8 Å². The number of carbonyl (C=O) groups excluding carboxylic acids is 1. The molecule has 0 aromatic carbocycles. The Morgan fingerprint density at radius 3 is 2.93 bits per heavy atom. The maximum Gasteiger partial charge on any atom is 0.223 e. The molecule has 1 aliphatic rings. The van der Waals surface area contributed by atoms with Crippen LogP contribution >= 0.6 is 0 Å². The molecule has 1 amide bonds. The monoisotopic (exact) mass is 213 g/mol. The van der Waals surface area contributed by atoms with Crippen LogP contribution in [-0.4, -0.2) is 50.6 Å². The number of rotatable bonds is 5. The molecule has 1 fully saturated rings. The number of likely N-dealkylation sites (N-methyl/N-ethyl adjacent to an activating group) is 1. The first-order valence-electron chi connectivity index (χ1n) is 5.77. The molecular formula is C11H23N3O. The Hall–Kier alpha value is -0.610. The summed E-state index contributed by atoms with van der Waals surface area (Å²) in [7, 11) is 3.77. The molecule has 0 bridgehead atoms. The SMILES string of the molecule is CNC(=O)C(C)CN(C)C[C@@H]1CCCN1. The largest absolute Gasteiger partial charge is 0.359 e. The van der Waals surface area contributed by atoms with Gasteiger partial charge in [0.1, 0.15) is 0 Å². The van der Waals surface area contributed by atoms with Gasteiger partial charge in [-0.2, -0.15) is 0 Å². The van der Waals surface area contributed by atoms with E-state index in [0.717, 1.165) is 19.6 Å². The zero-order valence-electron chi connectivity index (χ0n) is 10.0. The predicted octanol–water partition coefficient (Wildman–Crippen LogP) is 0.0523. The lowest BCUT2D eigenvalue weighted by Crippen LogP contribution is -2.40. The van der Waals surface area contributed by atoms with Crippen LogP contribution in [0.25, 0.3) is 0 Å². The van der Waals surface area contributed by atoms with Crippen molar-refractivity contribution in [2.45, 2.75) is 25.8 Å². The Labute approximate surface area is 92.4 Å². The maximum atomic E-state index is 11.3. The molecule has 4 nitrogen and oxygen atoms in total. The van der Waals surface area contributed by atoms with Crippen LogP contribution in [0.3, 0.4) is 0 Å². The van der Waals surface area contributed by atoms with Crippen LogP contribution in [0, 0.1) is 5.92 Å². The van der Waals surface area contributed by atoms with Gasteiger partial charge in [-0.1, -0.05) is 6.92 Å². The second-order valence-electron chi connectivity index (χ2n) is 4.53. The standard InChI is InChI=1S/C11H23N3O/c1-9(11(15)12-2)7-14(3)8-10-5-4-6-13-10/h9-10,13H,4-8H2,1-3H3,(H,12,15)/t9?,10-/m0/s1. The van der Waals surface area contributed by atoms with Crippen LogP contribution < -0.4 is 10.6 Å². The van der Waals surface area contributed by atoms with E-state index in [1.807, 2.05) is 6.92 Å². The van der Waals surface area contributed by atoms with Gasteiger partial charge in [-0.25, -0.2) is 0 Å². The lowest BCUT2D eigenvalue weighted by Gasteiger charge is -2.23. The van der Waals surface area contributed by atoms with E-state index in [1.165, 1.54) is 12.8 Å². The molecule has 1 unspecified atom stereocenters. The minimum Gasteiger partial charge on any atom is -0.359 e. The average molecular weight is 213 g/mol. The quantitative estimate of drug-likeness (QED) is 0.678. The van der Waals surface area contributed by atoms with Crippen molar-refractivity contribution in [3.8, 4) is 0 Å². The number of nitrogens with zero attached hydrogens (tertiary/aromatic N) is 1. The molecule has 4 heteroatoms. The van der Waals surface area contributed by atoms with Gasteiger partial charge in [0.05, 0.1) is 0 Å². The van der Waals surface area contributed by atoms with Crippen molar-refractivity contribution in [3.63, 3.8) is 0 Å². The minimum atomic E-state index is 0.0707. The predicted molar refractivity (Wildman–Crippen MR) is 61.8 cm³/mol. The fourth-order valence-electron chi connectivity index (χ4n) is 2.16. The van der Waals surface area contributed by atoms with Gasteiger partial charge >= 0.3 is 0 Å². The van der Waals surface area contributed by atoms with Crippen LogP contribution in [0.1, 0.15) is 19.8 Å². The van der Waals surface area contributed by atoms with Gasteiger partial charge in [0.25, 0.3) is 0 Å². The summed E-state index contributed by atoms with van der Waals surface area (Å²) in [4.78, 5) is 13.6. The van der Waals surface area contributed by atoms with E-state index in [0.29, 0.717) is 6.04 Å². The number of hydrogen-bond acceptors (Lipinski definition) is 3. The highest BCUT2D eigenvalue weighted by molar-refractivity contribution is 5.78. The minimum absolute atomic E-state index is 0.0707. The third-order valence-electron chi connectivity index (χ3n) is 2.97. The molecule has 1 saturated heterocycles. The molecule has 0 saturated carbocycles. The summed E-state index contributed by atoms with van der Waals surface area (Å²) in [6.07, 6.45) is 2.54. The van der Waals surface area contributed by atoms with Crippen LogP contribution in [-0.2, 0) is 4.79 Å². The molecular weight excluding hydrogens is 190 g/mol. The molecule has 2 N–H and O–H groups in total. The molecule has 1 rings (SSSR count). The lowest BCUT2D eigenvalue weighted by atomic mass is 10.1. The van der Waals surface area contributed by atoms with Crippen LogP contribution in [0.2, 0.25) is 0 Å². The van der Waals surface area contributed by atoms with Crippen LogP contribution in [0.4, 0.5) is 0 Å². The Morgan fingerprint density at radius 2 is 2.40 bits per heavy atom. The highest BCUT2D eigenvalue weighted by Gasteiger charge is 2.18. The summed E-state index contributed by atoms with van der Waals surface area (Å²) in [6, 6.07) is 0.617. The smallest absolute Gasteiger partial charge is 0.223 e. The van der Waals surface area contributed by atoms with Gasteiger partial charge < -0.3 is 15.5 Å². The lowest BCUT2D eigenvalue weighted by molar-refractivity contribution is -0.124. The number of nitrogens with one attached hydrogen (secondary N) is 2. The number of hydrogen-bond donors (Lipinski definition) is 2. The summed E-state index contributed by atoms with van der Waals surface area (Å²) >= 11 is 0. The van der Waals surface area contributed by atoms with Crippen molar-refractivity contribution in [3.05, 3.63) is 0 Å². The third kappa shape index (κ3) is 4.18. The zero-order valence-corrected chi connectivity index (χ0v) is 10.0. The van der Waals surface area contributed by atoms with Crippen molar-refractivity contribution in [1.82, 2.24) is 15.5 Å². The van der Waals surface area contributed by atoms with E-state index in [9.17, 15) is 4.79 Å². The molecule has 0 aromatic rings. The van der Waals surface area contributed by atoms with Gasteiger partial charge in [-0.3, -0.25) is 4.79 Å². The second kappa shape index (κ2) is 6.08. The second-order valence-corrected chi connectivity index (χ2v) is 4.53. The van der Waals surface area contributed by atoms with Gasteiger partial charge in [-0.05, 0) is 26.4 Å². The van der Waals surface area contributed by atoms with Crippen molar-refractivity contribution >= 4 is 5.91 Å². The summed E-state index contributed by atoms with van der Waals surface area (Å²) in [5.41, 5.74) is 0. The summed E-state index contributed by atoms with van der Waals surface area (Å²) in [6.45, 7) is 4.99. The average Bonchev–Trinajstić information content (AvgIpc) is 2.68. The van der Waals surface area contributed by atoms with Crippen molar-refractivity contribution < 1.29 is 4.79 Å². The first kappa shape index (κ1) is 12.5. The fourth-order valence-corrected chi connectivity index (χ4v) is 2.16. The molecule has 2 atom stereocenters. The molecule has 0 spiro atoms. The maximum absolute atomic E-state index is 11.3. The Morgan fingerprint density at radius 1 is 1.67 bits per heavy atom. The summed E-state index contributed by atoms with van der Waals surface area (Å²) in [5, 5.41) is 6.14. The van der Waals surface area contributed by atoms with E-state index < -0.39 is 0 Å². The van der Waals surface area contributed by atoms with Crippen LogP contribution in [0.5, 0.6) is 0 Å². The first-order valence-corrected chi connectivity index (χ1v) is 5.77. The molecule has 0 aliphatic carbocycles. The third-order valence-corrected chi connectivity index (χ3v) is 2.97. The molecule has 1 aliphatic heterocycles. The van der Waals surface area contributed by atoms with Crippen molar-refractivity contribution in [2.24, 2.45) is 5.92 Å². The Bertz CT molecular complexity index is 202. The summed E-state index contributed by atoms with van der Waals surface area (Å²) < 4.78 is 0. The Balaban J connectivity index is 2.22. The zero-order chi connectivity index (χ0) is 11.3. The van der Waals surface area contributed by atoms with Gasteiger partial charge in [0.15, 0.2) is 0 Å². The number of amides is 1. The first-order chi connectivity index (χ1) is 7.13. The highest BCUT2D eigenvalue weighted by Crippen LogP contribution is 2.07. The summed E-state index contributed by atoms with van der Waals surface area (Å²) in [5.74, 6) is 0.197. The van der Waals surface area contributed by atoms with Crippen molar-refractivity contribution in [2.75, 3.05) is 33.7 Å². The topological polar surface area (TPSA) is 44.4 Å². The fraction of sp³-hybridized carbons (Fsp3) is 0.909. The molecule has 15 heavy (non-hydrogen) atoms. The number of carbonyl (C=O) groups is 1. The molecule has 0 aromatic heterocycles. The van der Waals surface area contributed by atoms with Gasteiger partial charge in [0.2, 0.25) is 5.91 Å². The Kier molecular flexibility index (Phi) is 5.05. The van der Waals surface area contributed by atoms with Gasteiger partial charge in [0, 0.05) is 32.1 Å². The normalized spacial score (nSPS) is 23.1. The van der Waals surface area contributed by atoms with E-state index in [4.69, 9.17) is 0 Å².